The monoisotopic (exact) mass is 301 g/mol. The van der Waals surface area contributed by atoms with Crippen molar-refractivity contribution in [2.75, 3.05) is 14.1 Å². The first kappa shape index (κ1) is 20.0. The van der Waals surface area contributed by atoms with Crippen LogP contribution in [0.5, 0.6) is 0 Å². The van der Waals surface area contributed by atoms with Crippen molar-refractivity contribution in [2.24, 2.45) is 11.5 Å². The summed E-state index contributed by atoms with van der Waals surface area (Å²) in [6, 6.07) is 0.158. The zero-order valence-electron chi connectivity index (χ0n) is 14.6. The van der Waals surface area contributed by atoms with Crippen molar-refractivity contribution in [2.45, 2.75) is 33.2 Å². The molecule has 0 saturated heterocycles. The van der Waals surface area contributed by atoms with E-state index in [2.05, 4.69) is 44.6 Å². The highest BCUT2D eigenvalue weighted by Crippen LogP contribution is 2.22. The van der Waals surface area contributed by atoms with Gasteiger partial charge in [0.15, 0.2) is 0 Å². The first-order valence-electron chi connectivity index (χ1n) is 7.72. The summed E-state index contributed by atoms with van der Waals surface area (Å²) in [5.74, 6) is 0. The molecule has 0 aromatic carbocycles. The molecule has 0 fully saturated rings. The zero-order valence-corrected chi connectivity index (χ0v) is 14.6. The van der Waals surface area contributed by atoms with Crippen molar-refractivity contribution >= 4 is 0 Å². The highest BCUT2D eigenvalue weighted by atomic mass is 15.1. The number of nitrogens with zero attached hydrogens (tertiary/aromatic N) is 1. The number of allylic oxidation sites excluding steroid dienone is 6. The molecule has 1 aliphatic rings. The van der Waals surface area contributed by atoms with Gasteiger partial charge >= 0.3 is 0 Å². The molecule has 0 aliphatic heterocycles. The lowest BCUT2D eigenvalue weighted by atomic mass is 9.96. The average molecular weight is 301 g/mol. The van der Waals surface area contributed by atoms with Crippen LogP contribution in [0.25, 0.3) is 0 Å². The van der Waals surface area contributed by atoms with E-state index in [1.54, 1.807) is 12.2 Å². The van der Waals surface area contributed by atoms with Crippen LogP contribution in [0.3, 0.4) is 0 Å². The minimum Gasteiger partial charge on any atom is -0.399 e. The largest absolute Gasteiger partial charge is 0.399 e. The molecule has 0 bridgehead atoms. The van der Waals surface area contributed by atoms with E-state index in [0.29, 0.717) is 5.70 Å². The average Bonchev–Trinajstić information content (AvgIpc) is 2.65. The number of rotatable bonds is 5. The summed E-state index contributed by atoms with van der Waals surface area (Å²) in [4.78, 5) is 2.16. The molecule has 0 aromatic rings. The van der Waals surface area contributed by atoms with Gasteiger partial charge in [0.2, 0.25) is 0 Å². The van der Waals surface area contributed by atoms with Crippen molar-refractivity contribution in [1.29, 1.82) is 0 Å². The molecule has 0 amide bonds. The maximum Gasteiger partial charge on any atom is 0.0555 e. The molecular weight excluding hydrogens is 270 g/mol. The van der Waals surface area contributed by atoms with Crippen molar-refractivity contribution < 1.29 is 0 Å². The Morgan fingerprint density at radius 2 is 2.00 bits per heavy atom. The fourth-order valence-electron chi connectivity index (χ4n) is 2.39. The van der Waals surface area contributed by atoms with Crippen LogP contribution in [-0.4, -0.2) is 25.0 Å². The van der Waals surface area contributed by atoms with Gasteiger partial charge in [0.05, 0.1) is 6.04 Å². The minimum atomic E-state index is 0.158. The summed E-state index contributed by atoms with van der Waals surface area (Å²) in [7, 11) is 4.11. The summed E-state index contributed by atoms with van der Waals surface area (Å²) in [5, 5.41) is 0. The van der Waals surface area contributed by atoms with Gasteiger partial charge in [-0.1, -0.05) is 38.7 Å². The zero-order chi connectivity index (χ0) is 17.1. The van der Waals surface area contributed by atoms with E-state index < -0.39 is 0 Å². The van der Waals surface area contributed by atoms with Crippen LogP contribution < -0.4 is 11.5 Å². The van der Waals surface area contributed by atoms with Crippen LogP contribution in [0.15, 0.2) is 71.7 Å². The highest BCUT2D eigenvalue weighted by molar-refractivity contribution is 5.41. The van der Waals surface area contributed by atoms with Crippen LogP contribution in [0.4, 0.5) is 0 Å². The van der Waals surface area contributed by atoms with Gasteiger partial charge < -0.3 is 11.5 Å². The second-order valence-corrected chi connectivity index (χ2v) is 5.14. The Bertz CT molecular complexity index is 503. The summed E-state index contributed by atoms with van der Waals surface area (Å²) >= 11 is 0. The Morgan fingerprint density at radius 1 is 1.36 bits per heavy atom. The minimum absolute atomic E-state index is 0.158. The molecule has 4 N–H and O–H groups in total. The number of likely N-dealkylation sites (N-methyl/N-ethyl adjacent to an activating group) is 1. The normalized spacial score (nSPS) is 17.0. The van der Waals surface area contributed by atoms with Crippen LogP contribution >= 0.6 is 0 Å². The van der Waals surface area contributed by atoms with E-state index in [4.69, 9.17) is 11.5 Å². The number of nitrogens with two attached hydrogens (primary N) is 2. The van der Waals surface area contributed by atoms with E-state index >= 15 is 0 Å². The third-order valence-corrected chi connectivity index (χ3v) is 3.10. The maximum absolute atomic E-state index is 5.96. The van der Waals surface area contributed by atoms with E-state index in [0.717, 1.165) is 12.1 Å². The first-order chi connectivity index (χ1) is 10.5. The van der Waals surface area contributed by atoms with Crippen LogP contribution in [0, 0.1) is 0 Å². The van der Waals surface area contributed by atoms with E-state index in [1.807, 2.05) is 32.1 Å². The lowest BCUT2D eigenvalue weighted by molar-refractivity contribution is 0.369. The predicted octanol–water partition coefficient (Wildman–Crippen LogP) is 3.65. The van der Waals surface area contributed by atoms with Crippen LogP contribution in [0.1, 0.15) is 27.2 Å². The Balaban J connectivity index is 0.00000211. The Kier molecular flexibility index (Phi) is 9.72. The van der Waals surface area contributed by atoms with Gasteiger partial charge in [-0.25, -0.2) is 0 Å². The SMILES string of the molecule is C=C/C=C(N)\C=C(/C)C(C1=CCC=CC(N)=C1)N(C)C.CC. The van der Waals surface area contributed by atoms with Gasteiger partial charge in [0.1, 0.15) is 0 Å². The Morgan fingerprint density at radius 3 is 2.55 bits per heavy atom. The summed E-state index contributed by atoms with van der Waals surface area (Å²) < 4.78 is 0. The van der Waals surface area contributed by atoms with E-state index in [1.165, 1.54) is 11.1 Å². The Hall–Kier alpha value is -2.00. The van der Waals surface area contributed by atoms with Gasteiger partial charge in [-0.15, -0.1) is 0 Å². The fraction of sp³-hybridized carbons (Fsp3) is 0.368. The second kappa shape index (κ2) is 10.7. The molecule has 3 nitrogen and oxygen atoms in total. The first-order valence-corrected chi connectivity index (χ1v) is 7.72. The van der Waals surface area contributed by atoms with Crippen molar-refractivity contribution in [3.63, 3.8) is 0 Å². The molecule has 22 heavy (non-hydrogen) atoms. The third-order valence-electron chi connectivity index (χ3n) is 3.10. The fourth-order valence-corrected chi connectivity index (χ4v) is 2.39. The summed E-state index contributed by atoms with van der Waals surface area (Å²) in [6.45, 7) is 9.74. The lowest BCUT2D eigenvalue weighted by Crippen LogP contribution is -2.31. The van der Waals surface area contributed by atoms with E-state index in [9.17, 15) is 0 Å². The van der Waals surface area contributed by atoms with Gasteiger partial charge in [0.25, 0.3) is 0 Å². The molecule has 3 heteroatoms. The predicted molar refractivity (Wildman–Crippen MR) is 99.2 cm³/mol. The molecule has 1 unspecified atom stereocenters. The highest BCUT2D eigenvalue weighted by Gasteiger charge is 2.18. The number of hydrogen-bond donors (Lipinski definition) is 2. The lowest BCUT2D eigenvalue weighted by Gasteiger charge is -2.27. The molecule has 0 heterocycles. The Labute approximate surface area is 136 Å². The smallest absolute Gasteiger partial charge is 0.0555 e. The maximum atomic E-state index is 5.96. The molecular formula is C19H31N3. The quantitative estimate of drug-likeness (QED) is 0.762. The van der Waals surface area contributed by atoms with E-state index in [-0.39, 0.29) is 6.04 Å². The van der Waals surface area contributed by atoms with Crippen LogP contribution in [-0.2, 0) is 0 Å². The molecule has 1 atom stereocenters. The standard InChI is InChI=1S/C17H25N3.C2H6/c1-5-8-15(18)11-13(2)17(20(3)4)14-9-6-7-10-16(19)12-14;1-2/h5,7-12,17H,1,6,18-19H2,2-4H3;1-2H3/b13-11+,15-8+;. The molecule has 0 spiro atoms. The second-order valence-electron chi connectivity index (χ2n) is 5.14. The molecule has 0 aromatic heterocycles. The third kappa shape index (κ3) is 6.64. The number of hydrogen-bond acceptors (Lipinski definition) is 3. The molecule has 0 saturated carbocycles. The van der Waals surface area contributed by atoms with Crippen LogP contribution in [0.2, 0.25) is 0 Å². The molecule has 122 valence electrons. The topological polar surface area (TPSA) is 55.3 Å². The van der Waals surface area contributed by atoms with Gasteiger partial charge in [0, 0.05) is 11.4 Å². The van der Waals surface area contributed by atoms with Gasteiger partial charge in [-0.2, -0.15) is 0 Å². The summed E-state index contributed by atoms with van der Waals surface area (Å²) in [6.07, 6.45) is 14.6. The molecule has 0 radical (unpaired) electrons. The molecule has 1 aliphatic carbocycles. The summed E-state index contributed by atoms with van der Waals surface area (Å²) in [5.41, 5.74) is 15.7. The van der Waals surface area contributed by atoms with Crippen molar-refractivity contribution in [1.82, 2.24) is 4.90 Å². The van der Waals surface area contributed by atoms with Gasteiger partial charge in [-0.3, -0.25) is 4.90 Å². The van der Waals surface area contributed by atoms with Crippen molar-refractivity contribution in [3.8, 4) is 0 Å². The molecule has 1 rings (SSSR count). The van der Waals surface area contributed by atoms with Gasteiger partial charge in [-0.05, 0) is 62.9 Å². The van der Waals surface area contributed by atoms with Crippen molar-refractivity contribution in [3.05, 3.63) is 71.7 Å².